The molecule has 20 heavy (non-hydrogen) atoms. The van der Waals surface area contributed by atoms with E-state index >= 15 is 0 Å². The first-order chi connectivity index (χ1) is 9.45. The van der Waals surface area contributed by atoms with Crippen molar-refractivity contribution in [2.75, 3.05) is 5.32 Å². The van der Waals surface area contributed by atoms with Crippen molar-refractivity contribution in [1.29, 1.82) is 0 Å². The predicted molar refractivity (Wildman–Crippen MR) is 79.3 cm³/mol. The average Bonchev–Trinajstić information content (AvgIpc) is 2.36. The first kappa shape index (κ1) is 14.5. The number of hydrogen-bond acceptors (Lipinski definition) is 3. The molecule has 6 heteroatoms. The van der Waals surface area contributed by atoms with Gasteiger partial charge in [0.25, 0.3) is 5.69 Å². The van der Waals surface area contributed by atoms with Crippen molar-refractivity contribution >= 4 is 27.3 Å². The summed E-state index contributed by atoms with van der Waals surface area (Å²) in [6.45, 7) is 2.04. The maximum absolute atomic E-state index is 13.3. The van der Waals surface area contributed by atoms with E-state index < -0.39 is 4.92 Å². The summed E-state index contributed by atoms with van der Waals surface area (Å²) in [5.74, 6) is -0.335. The van der Waals surface area contributed by atoms with Gasteiger partial charge in [-0.05, 0) is 42.8 Å². The van der Waals surface area contributed by atoms with Crippen molar-refractivity contribution in [2.45, 2.75) is 13.5 Å². The van der Waals surface area contributed by atoms with Gasteiger partial charge in [0.1, 0.15) is 5.82 Å². The molecule has 2 aromatic carbocycles. The summed E-state index contributed by atoms with van der Waals surface area (Å²) in [7, 11) is 0. The van der Waals surface area contributed by atoms with Gasteiger partial charge in [-0.1, -0.05) is 15.9 Å². The molecule has 1 N–H and O–H groups in total. The van der Waals surface area contributed by atoms with E-state index in [0.717, 1.165) is 5.56 Å². The number of halogens is 2. The van der Waals surface area contributed by atoms with E-state index in [2.05, 4.69) is 21.2 Å². The van der Waals surface area contributed by atoms with Gasteiger partial charge in [-0.15, -0.1) is 0 Å². The SMILES string of the molecule is Cc1cc(F)cc(NCc2ccc(Br)cc2[N+](=O)[O-])c1. The maximum atomic E-state index is 13.3. The van der Waals surface area contributed by atoms with Gasteiger partial charge < -0.3 is 5.32 Å². The molecule has 0 aliphatic carbocycles. The van der Waals surface area contributed by atoms with Crippen LogP contribution in [0.5, 0.6) is 0 Å². The Morgan fingerprint density at radius 1 is 1.30 bits per heavy atom. The standard InChI is InChI=1S/C14H12BrFN2O2/c1-9-4-12(16)7-13(5-9)17-8-10-2-3-11(15)6-14(10)18(19)20/h2-7,17H,8H2,1H3. The molecule has 0 fully saturated rings. The highest BCUT2D eigenvalue weighted by Crippen LogP contribution is 2.24. The van der Waals surface area contributed by atoms with Crippen molar-refractivity contribution < 1.29 is 9.31 Å². The number of hydrogen-bond donors (Lipinski definition) is 1. The van der Waals surface area contributed by atoms with Gasteiger partial charge in [0, 0.05) is 28.3 Å². The normalized spacial score (nSPS) is 10.3. The second kappa shape index (κ2) is 6.00. The zero-order chi connectivity index (χ0) is 14.7. The van der Waals surface area contributed by atoms with Gasteiger partial charge in [0.05, 0.1) is 4.92 Å². The summed E-state index contributed by atoms with van der Waals surface area (Å²) in [6, 6.07) is 9.43. The Hall–Kier alpha value is -1.95. The summed E-state index contributed by atoms with van der Waals surface area (Å²) >= 11 is 3.21. The van der Waals surface area contributed by atoms with Gasteiger partial charge >= 0.3 is 0 Å². The number of nitro groups is 1. The van der Waals surface area contributed by atoms with Crippen LogP contribution in [0.15, 0.2) is 40.9 Å². The van der Waals surface area contributed by atoms with Crippen LogP contribution >= 0.6 is 15.9 Å². The molecule has 104 valence electrons. The van der Waals surface area contributed by atoms with Crippen LogP contribution in [0.25, 0.3) is 0 Å². The fourth-order valence-electron chi connectivity index (χ4n) is 1.89. The van der Waals surface area contributed by atoms with Crippen LogP contribution in [0.3, 0.4) is 0 Å². The highest BCUT2D eigenvalue weighted by Gasteiger charge is 2.13. The molecule has 2 aromatic rings. The molecular weight excluding hydrogens is 327 g/mol. The van der Waals surface area contributed by atoms with Crippen molar-refractivity contribution in [3.63, 3.8) is 0 Å². The third-order valence-corrected chi connectivity index (χ3v) is 3.26. The van der Waals surface area contributed by atoms with E-state index in [-0.39, 0.29) is 18.0 Å². The lowest BCUT2D eigenvalue weighted by Gasteiger charge is -2.08. The molecule has 0 bridgehead atoms. The summed E-state index contributed by atoms with van der Waals surface area (Å²) in [6.07, 6.45) is 0. The second-order valence-corrected chi connectivity index (χ2v) is 5.32. The summed E-state index contributed by atoms with van der Waals surface area (Å²) < 4.78 is 13.9. The van der Waals surface area contributed by atoms with Gasteiger partial charge in [0.2, 0.25) is 0 Å². The van der Waals surface area contributed by atoms with E-state index in [1.54, 1.807) is 25.1 Å². The van der Waals surface area contributed by atoms with Gasteiger partial charge in [-0.2, -0.15) is 0 Å². The molecule has 2 rings (SSSR count). The molecule has 0 unspecified atom stereocenters. The zero-order valence-corrected chi connectivity index (χ0v) is 12.3. The molecule has 0 saturated carbocycles. The molecule has 0 aromatic heterocycles. The molecule has 0 aliphatic heterocycles. The Kier molecular flexibility index (Phi) is 4.34. The van der Waals surface area contributed by atoms with Gasteiger partial charge in [0.15, 0.2) is 0 Å². The molecule has 0 heterocycles. The number of anilines is 1. The molecule has 0 aliphatic rings. The number of nitrogens with zero attached hydrogens (tertiary/aromatic N) is 1. The van der Waals surface area contributed by atoms with Crippen LogP contribution in [-0.4, -0.2) is 4.92 Å². The van der Waals surface area contributed by atoms with E-state index in [4.69, 9.17) is 0 Å². The number of rotatable bonds is 4. The molecule has 0 saturated heterocycles. The van der Waals surface area contributed by atoms with Gasteiger partial charge in [-0.25, -0.2) is 4.39 Å². The molecular formula is C14H12BrFN2O2. The molecule has 0 spiro atoms. The predicted octanol–water partition coefficient (Wildman–Crippen LogP) is 4.42. The first-order valence-corrected chi connectivity index (χ1v) is 6.69. The fraction of sp³-hybridized carbons (Fsp3) is 0.143. The minimum absolute atomic E-state index is 0.0278. The highest BCUT2D eigenvalue weighted by atomic mass is 79.9. The Morgan fingerprint density at radius 3 is 2.70 bits per heavy atom. The van der Waals surface area contributed by atoms with Crippen LogP contribution in [0.2, 0.25) is 0 Å². The smallest absolute Gasteiger partial charge is 0.275 e. The lowest BCUT2D eigenvalue weighted by atomic mass is 10.1. The van der Waals surface area contributed by atoms with Crippen LogP contribution in [0.1, 0.15) is 11.1 Å². The van der Waals surface area contributed by atoms with E-state index in [1.807, 2.05) is 0 Å². The Bertz CT molecular complexity index is 641. The average molecular weight is 339 g/mol. The van der Waals surface area contributed by atoms with Crippen LogP contribution < -0.4 is 5.32 Å². The lowest BCUT2D eigenvalue weighted by Crippen LogP contribution is -2.03. The molecule has 0 radical (unpaired) electrons. The zero-order valence-electron chi connectivity index (χ0n) is 10.7. The topological polar surface area (TPSA) is 55.2 Å². The fourth-order valence-corrected chi connectivity index (χ4v) is 2.24. The summed E-state index contributed by atoms with van der Waals surface area (Å²) in [5, 5.41) is 14.0. The summed E-state index contributed by atoms with van der Waals surface area (Å²) in [5.41, 5.74) is 1.96. The Balaban J connectivity index is 2.20. The molecule has 4 nitrogen and oxygen atoms in total. The van der Waals surface area contributed by atoms with Crippen molar-refractivity contribution in [2.24, 2.45) is 0 Å². The van der Waals surface area contributed by atoms with E-state index in [9.17, 15) is 14.5 Å². The highest BCUT2D eigenvalue weighted by molar-refractivity contribution is 9.10. The van der Waals surface area contributed by atoms with Crippen LogP contribution in [-0.2, 0) is 6.54 Å². The Morgan fingerprint density at radius 2 is 2.05 bits per heavy atom. The Labute approximate surface area is 123 Å². The maximum Gasteiger partial charge on any atom is 0.275 e. The van der Waals surface area contributed by atoms with Crippen molar-refractivity contribution in [1.82, 2.24) is 0 Å². The number of benzene rings is 2. The van der Waals surface area contributed by atoms with Crippen molar-refractivity contribution in [3.05, 3.63) is 67.9 Å². The summed E-state index contributed by atoms with van der Waals surface area (Å²) in [4.78, 5) is 10.6. The molecule has 0 amide bonds. The third kappa shape index (κ3) is 3.54. The first-order valence-electron chi connectivity index (χ1n) is 5.89. The quantitative estimate of drug-likeness (QED) is 0.663. The van der Waals surface area contributed by atoms with Crippen molar-refractivity contribution in [3.8, 4) is 0 Å². The number of aryl methyl sites for hydroxylation is 1. The van der Waals surface area contributed by atoms with Gasteiger partial charge in [-0.3, -0.25) is 10.1 Å². The monoisotopic (exact) mass is 338 g/mol. The third-order valence-electron chi connectivity index (χ3n) is 2.77. The van der Waals surface area contributed by atoms with Crippen LogP contribution in [0.4, 0.5) is 15.8 Å². The largest absolute Gasteiger partial charge is 0.381 e. The van der Waals surface area contributed by atoms with Crippen LogP contribution in [0, 0.1) is 22.9 Å². The number of nitro benzene ring substituents is 1. The second-order valence-electron chi connectivity index (χ2n) is 4.40. The number of nitrogens with one attached hydrogen (secondary N) is 1. The van der Waals surface area contributed by atoms with E-state index in [0.29, 0.717) is 15.7 Å². The van der Waals surface area contributed by atoms with E-state index in [1.165, 1.54) is 18.2 Å². The minimum Gasteiger partial charge on any atom is -0.381 e. The minimum atomic E-state index is -0.432. The lowest BCUT2D eigenvalue weighted by molar-refractivity contribution is -0.385. The molecule has 0 atom stereocenters.